The second-order valence-electron chi connectivity index (χ2n) is 4.78. The van der Waals surface area contributed by atoms with Gasteiger partial charge in [-0.2, -0.15) is 18.4 Å². The standard InChI is InChI=1S/C16H16F3N3O5/c1-2-25-15(24)22-14(23)11(9-20)10-21-27-7-6-26-13-5-3-4-12(8-13)16(17,18)19/h3-5,8,10-11H,2,6-7H2,1H3,(H,22,23,24)/b21-10+. The Morgan fingerprint density at radius 2 is 2.11 bits per heavy atom. The number of imide groups is 1. The van der Waals surface area contributed by atoms with Gasteiger partial charge in [0.15, 0.2) is 12.5 Å². The van der Waals surface area contributed by atoms with Crippen LogP contribution in [0.1, 0.15) is 12.5 Å². The molecule has 1 aromatic carbocycles. The number of hydrogen-bond donors (Lipinski definition) is 1. The molecule has 2 amide bonds. The molecule has 1 atom stereocenters. The van der Waals surface area contributed by atoms with Crippen molar-refractivity contribution in [1.29, 1.82) is 5.26 Å². The average molecular weight is 387 g/mol. The Bertz CT molecular complexity index is 716. The second kappa shape index (κ2) is 10.6. The third kappa shape index (κ3) is 8.08. The maximum Gasteiger partial charge on any atom is 0.416 e. The lowest BCUT2D eigenvalue weighted by atomic mass is 10.2. The van der Waals surface area contributed by atoms with E-state index in [4.69, 9.17) is 14.8 Å². The van der Waals surface area contributed by atoms with Gasteiger partial charge in [-0.15, -0.1) is 0 Å². The van der Waals surface area contributed by atoms with E-state index >= 15 is 0 Å². The number of hydrogen-bond acceptors (Lipinski definition) is 7. The van der Waals surface area contributed by atoms with Crippen molar-refractivity contribution in [2.24, 2.45) is 11.1 Å². The number of nitriles is 1. The average Bonchev–Trinajstić information content (AvgIpc) is 2.60. The van der Waals surface area contributed by atoms with E-state index in [1.165, 1.54) is 12.1 Å². The third-order valence-electron chi connectivity index (χ3n) is 2.81. The lowest BCUT2D eigenvalue weighted by Gasteiger charge is -2.09. The van der Waals surface area contributed by atoms with Crippen molar-refractivity contribution >= 4 is 18.2 Å². The van der Waals surface area contributed by atoms with Crippen molar-refractivity contribution in [3.63, 3.8) is 0 Å². The van der Waals surface area contributed by atoms with Crippen molar-refractivity contribution in [3.8, 4) is 11.8 Å². The highest BCUT2D eigenvalue weighted by atomic mass is 19.4. The molecule has 1 aromatic rings. The van der Waals surface area contributed by atoms with E-state index in [0.717, 1.165) is 18.3 Å². The molecule has 1 unspecified atom stereocenters. The van der Waals surface area contributed by atoms with Gasteiger partial charge in [-0.25, -0.2) is 4.79 Å². The predicted molar refractivity (Wildman–Crippen MR) is 85.7 cm³/mol. The molecule has 0 spiro atoms. The number of oxime groups is 1. The molecule has 0 radical (unpaired) electrons. The summed E-state index contributed by atoms with van der Waals surface area (Å²) in [5.74, 6) is -2.33. The first-order chi connectivity index (χ1) is 12.8. The molecule has 0 aliphatic carbocycles. The summed E-state index contributed by atoms with van der Waals surface area (Å²) in [6, 6.07) is 5.91. The Hall–Kier alpha value is -3.29. The highest BCUT2D eigenvalue weighted by Gasteiger charge is 2.30. The molecule has 27 heavy (non-hydrogen) atoms. The van der Waals surface area contributed by atoms with Crippen molar-refractivity contribution < 1.29 is 37.1 Å². The largest absolute Gasteiger partial charge is 0.490 e. The van der Waals surface area contributed by atoms with Gasteiger partial charge in [0.1, 0.15) is 12.4 Å². The number of nitrogens with zero attached hydrogens (tertiary/aromatic N) is 2. The Kier molecular flexibility index (Phi) is 8.58. The summed E-state index contributed by atoms with van der Waals surface area (Å²) >= 11 is 0. The minimum absolute atomic E-state index is 0.00104. The number of alkyl halides is 3. The number of rotatable bonds is 8. The summed E-state index contributed by atoms with van der Waals surface area (Å²) in [7, 11) is 0. The molecule has 1 N–H and O–H groups in total. The van der Waals surface area contributed by atoms with Gasteiger partial charge in [-0.1, -0.05) is 11.2 Å². The van der Waals surface area contributed by atoms with Crippen molar-refractivity contribution in [3.05, 3.63) is 29.8 Å². The third-order valence-corrected chi connectivity index (χ3v) is 2.81. The fourth-order valence-corrected chi connectivity index (χ4v) is 1.62. The SMILES string of the molecule is CCOC(=O)NC(=O)C(C#N)/C=N/OCCOc1cccc(C(F)(F)F)c1. The number of alkyl carbamates (subject to hydrolysis) is 1. The number of halogens is 3. The topological polar surface area (TPSA) is 110 Å². The number of amides is 2. The number of carbonyl (C=O) groups is 2. The number of carbonyl (C=O) groups excluding carboxylic acids is 2. The first-order valence-corrected chi connectivity index (χ1v) is 7.60. The zero-order valence-corrected chi connectivity index (χ0v) is 14.2. The lowest BCUT2D eigenvalue weighted by Crippen LogP contribution is -2.36. The van der Waals surface area contributed by atoms with Crippen LogP contribution in [0.2, 0.25) is 0 Å². The number of nitrogens with one attached hydrogen (secondary N) is 1. The molecule has 0 bridgehead atoms. The van der Waals surface area contributed by atoms with Gasteiger partial charge in [0.25, 0.3) is 5.91 Å². The maximum atomic E-state index is 12.6. The van der Waals surface area contributed by atoms with Crippen LogP contribution < -0.4 is 10.1 Å². The minimum Gasteiger partial charge on any atom is -0.490 e. The van der Waals surface area contributed by atoms with Crippen LogP contribution in [0.5, 0.6) is 5.75 Å². The molecule has 146 valence electrons. The molecule has 1 rings (SSSR count). The normalized spacial score (nSPS) is 12.1. The number of ether oxygens (including phenoxy) is 2. The van der Waals surface area contributed by atoms with Gasteiger partial charge in [-0.3, -0.25) is 10.1 Å². The fourth-order valence-electron chi connectivity index (χ4n) is 1.62. The van der Waals surface area contributed by atoms with Gasteiger partial charge in [0.05, 0.1) is 24.5 Å². The van der Waals surface area contributed by atoms with Gasteiger partial charge in [0, 0.05) is 0 Å². The molecular weight excluding hydrogens is 371 g/mol. The molecule has 0 heterocycles. The van der Waals surface area contributed by atoms with Crippen LogP contribution in [-0.4, -0.2) is 38.0 Å². The van der Waals surface area contributed by atoms with Crippen LogP contribution in [0.4, 0.5) is 18.0 Å². The van der Waals surface area contributed by atoms with Crippen molar-refractivity contribution in [2.45, 2.75) is 13.1 Å². The van der Waals surface area contributed by atoms with Crippen LogP contribution >= 0.6 is 0 Å². The van der Waals surface area contributed by atoms with E-state index in [9.17, 15) is 22.8 Å². The lowest BCUT2D eigenvalue weighted by molar-refractivity contribution is -0.137. The monoisotopic (exact) mass is 387 g/mol. The summed E-state index contributed by atoms with van der Waals surface area (Å²) in [5.41, 5.74) is -0.844. The molecule has 8 nitrogen and oxygen atoms in total. The smallest absolute Gasteiger partial charge is 0.416 e. The highest BCUT2D eigenvalue weighted by Crippen LogP contribution is 2.31. The van der Waals surface area contributed by atoms with Crippen molar-refractivity contribution in [1.82, 2.24) is 5.32 Å². The Morgan fingerprint density at radius 3 is 2.74 bits per heavy atom. The highest BCUT2D eigenvalue weighted by molar-refractivity contribution is 6.02. The van der Waals surface area contributed by atoms with Crippen LogP contribution in [0.3, 0.4) is 0 Å². The van der Waals surface area contributed by atoms with E-state index in [-0.39, 0.29) is 25.6 Å². The van der Waals surface area contributed by atoms with Crippen LogP contribution in [-0.2, 0) is 20.5 Å². The Labute approximate surface area is 152 Å². The van der Waals surface area contributed by atoms with Crippen molar-refractivity contribution in [2.75, 3.05) is 19.8 Å². The summed E-state index contributed by atoms with van der Waals surface area (Å²) in [4.78, 5) is 27.4. The first-order valence-electron chi connectivity index (χ1n) is 7.60. The van der Waals surface area contributed by atoms with Gasteiger partial charge >= 0.3 is 12.3 Å². The zero-order valence-electron chi connectivity index (χ0n) is 14.2. The quantitative estimate of drug-likeness (QED) is 0.417. The number of benzene rings is 1. The predicted octanol–water partition coefficient (Wildman–Crippen LogP) is 2.50. The summed E-state index contributed by atoms with van der Waals surface area (Å²) < 4.78 is 47.3. The molecule has 11 heteroatoms. The van der Waals surface area contributed by atoms with Crippen LogP contribution in [0.15, 0.2) is 29.4 Å². The summed E-state index contributed by atoms with van der Waals surface area (Å²) in [5, 5.41) is 14.1. The van der Waals surface area contributed by atoms with E-state index in [2.05, 4.69) is 9.89 Å². The van der Waals surface area contributed by atoms with Crippen LogP contribution in [0, 0.1) is 17.2 Å². The van der Waals surface area contributed by atoms with E-state index in [0.29, 0.717) is 0 Å². The molecule has 0 fully saturated rings. The molecule has 0 aromatic heterocycles. The molecule has 0 aliphatic rings. The first kappa shape index (κ1) is 21.8. The molecule has 0 saturated carbocycles. The fraction of sp³-hybridized carbons (Fsp3) is 0.375. The Morgan fingerprint density at radius 1 is 1.37 bits per heavy atom. The summed E-state index contributed by atoms with van der Waals surface area (Å²) in [6.07, 6.45) is -4.61. The Balaban J connectivity index is 2.39. The van der Waals surface area contributed by atoms with E-state index in [1.54, 1.807) is 13.0 Å². The molecular formula is C16H16F3N3O5. The summed E-state index contributed by atoms with van der Waals surface area (Å²) in [6.45, 7) is 1.33. The van der Waals surface area contributed by atoms with Crippen LogP contribution in [0.25, 0.3) is 0 Å². The zero-order chi connectivity index (χ0) is 20.3. The van der Waals surface area contributed by atoms with Gasteiger partial charge < -0.3 is 14.3 Å². The minimum atomic E-state index is -4.48. The molecule has 0 aliphatic heterocycles. The van der Waals surface area contributed by atoms with Gasteiger partial charge in [-0.05, 0) is 25.1 Å². The van der Waals surface area contributed by atoms with E-state index in [1.807, 2.05) is 5.32 Å². The second-order valence-corrected chi connectivity index (χ2v) is 4.78. The van der Waals surface area contributed by atoms with Gasteiger partial charge in [0.2, 0.25) is 0 Å². The van der Waals surface area contributed by atoms with E-state index < -0.39 is 29.7 Å². The maximum absolute atomic E-state index is 12.6. The molecule has 0 saturated heterocycles.